The lowest BCUT2D eigenvalue weighted by atomic mass is 9.69. The third kappa shape index (κ3) is 5.51. The Labute approximate surface area is 246 Å². The molecule has 1 spiro atoms. The van der Waals surface area contributed by atoms with Crippen molar-refractivity contribution in [1.82, 2.24) is 29.5 Å². The first-order chi connectivity index (χ1) is 20.3. The van der Waals surface area contributed by atoms with Gasteiger partial charge < -0.3 is 16.4 Å². The highest BCUT2D eigenvalue weighted by atomic mass is 32.2. The predicted molar refractivity (Wildman–Crippen MR) is 158 cm³/mol. The number of nitrogen functional groups attached to an aromatic ring is 1. The molecular formula is C30H40FN7O3S. The van der Waals surface area contributed by atoms with Gasteiger partial charge >= 0.3 is 0 Å². The van der Waals surface area contributed by atoms with Crippen LogP contribution in [-0.4, -0.2) is 64.4 Å². The predicted octanol–water partition coefficient (Wildman–Crippen LogP) is 3.98. The first-order valence-corrected chi connectivity index (χ1v) is 16.7. The van der Waals surface area contributed by atoms with Crippen LogP contribution in [0.25, 0.3) is 5.65 Å². The lowest BCUT2D eigenvalue weighted by Crippen LogP contribution is -2.66. The molecule has 226 valence electrons. The van der Waals surface area contributed by atoms with Gasteiger partial charge in [-0.15, -0.1) is 5.10 Å². The summed E-state index contributed by atoms with van der Waals surface area (Å²) in [4.78, 5) is 18.4. The largest absolute Gasteiger partial charge is 0.381 e. The second kappa shape index (κ2) is 11.9. The van der Waals surface area contributed by atoms with E-state index in [2.05, 4.69) is 20.7 Å². The number of nitrogens with zero attached hydrogens (tertiary/aromatic N) is 4. The summed E-state index contributed by atoms with van der Waals surface area (Å²) in [6, 6.07) is 6.93. The van der Waals surface area contributed by atoms with Crippen molar-refractivity contribution in [3.05, 3.63) is 53.6 Å². The number of halogens is 1. The fraction of sp³-hybridized carbons (Fsp3) is 0.567. The van der Waals surface area contributed by atoms with Crippen LogP contribution in [0.2, 0.25) is 0 Å². The van der Waals surface area contributed by atoms with Gasteiger partial charge in [0, 0.05) is 24.5 Å². The van der Waals surface area contributed by atoms with Gasteiger partial charge in [-0.1, -0.05) is 57.1 Å². The molecule has 1 aromatic carbocycles. The van der Waals surface area contributed by atoms with Gasteiger partial charge in [-0.05, 0) is 49.9 Å². The minimum absolute atomic E-state index is 0.00789. The third-order valence-corrected chi connectivity index (χ3v) is 11.3. The Bertz CT molecular complexity index is 1530. The quantitative estimate of drug-likeness (QED) is 0.405. The molecule has 3 aromatic rings. The van der Waals surface area contributed by atoms with Gasteiger partial charge in [0.15, 0.2) is 17.3 Å². The van der Waals surface area contributed by atoms with E-state index in [1.165, 1.54) is 28.1 Å². The van der Waals surface area contributed by atoms with Crippen molar-refractivity contribution in [1.29, 1.82) is 0 Å². The van der Waals surface area contributed by atoms with Crippen LogP contribution < -0.4 is 16.4 Å². The van der Waals surface area contributed by atoms with E-state index >= 15 is 0 Å². The van der Waals surface area contributed by atoms with E-state index in [1.54, 1.807) is 12.1 Å². The Kier molecular flexibility index (Phi) is 8.21. The molecule has 1 saturated carbocycles. The zero-order valence-electron chi connectivity index (χ0n) is 23.9. The zero-order chi connectivity index (χ0) is 29.3. The molecule has 2 aromatic heterocycles. The second-order valence-corrected chi connectivity index (χ2v) is 14.0. The highest BCUT2D eigenvalue weighted by Gasteiger charge is 2.46. The lowest BCUT2D eigenvalue weighted by molar-refractivity contribution is 0.0812. The Morgan fingerprint density at radius 3 is 2.33 bits per heavy atom. The average molecular weight is 598 g/mol. The molecular weight excluding hydrogens is 557 g/mol. The van der Waals surface area contributed by atoms with Gasteiger partial charge in [0.25, 0.3) is 5.91 Å². The molecule has 0 radical (unpaired) electrons. The maximum Gasteiger partial charge on any atom is 0.259 e. The van der Waals surface area contributed by atoms with Gasteiger partial charge in [-0.25, -0.2) is 22.3 Å². The maximum absolute atomic E-state index is 14.0. The highest BCUT2D eigenvalue weighted by molar-refractivity contribution is 7.89. The SMILES string of the molecule is Nc1nn2cc(F)cnc2c1C(=O)NC1C(c2ccc(S(=O)(=O)N3CCC3)cc2)CCNC12CCCCCCCCC2. The van der Waals surface area contributed by atoms with Crippen molar-refractivity contribution in [2.45, 2.75) is 93.0 Å². The Morgan fingerprint density at radius 1 is 1.02 bits per heavy atom. The molecule has 1 amide bonds. The van der Waals surface area contributed by atoms with Gasteiger partial charge in [-0.3, -0.25) is 4.79 Å². The fourth-order valence-corrected chi connectivity index (χ4v) is 8.55. The minimum Gasteiger partial charge on any atom is -0.381 e. The molecule has 0 bridgehead atoms. The van der Waals surface area contributed by atoms with Crippen molar-refractivity contribution < 1.29 is 17.6 Å². The molecule has 2 saturated heterocycles. The van der Waals surface area contributed by atoms with E-state index in [-0.39, 0.29) is 34.5 Å². The van der Waals surface area contributed by atoms with Crippen LogP contribution in [0.1, 0.15) is 92.5 Å². The van der Waals surface area contributed by atoms with Crippen molar-refractivity contribution in [3.8, 4) is 0 Å². The summed E-state index contributed by atoms with van der Waals surface area (Å²) in [5, 5.41) is 11.3. The topological polar surface area (TPSA) is 135 Å². The number of hydrogen-bond acceptors (Lipinski definition) is 7. The molecule has 1 aliphatic carbocycles. The summed E-state index contributed by atoms with van der Waals surface area (Å²) in [6.45, 7) is 1.91. The van der Waals surface area contributed by atoms with Crippen LogP contribution in [0, 0.1) is 5.82 Å². The van der Waals surface area contributed by atoms with Crippen LogP contribution in [0.3, 0.4) is 0 Å². The second-order valence-electron chi connectivity index (χ2n) is 12.0. The summed E-state index contributed by atoms with van der Waals surface area (Å²) < 4.78 is 42.5. The third-order valence-electron chi connectivity index (χ3n) is 9.42. The molecule has 42 heavy (non-hydrogen) atoms. The molecule has 12 heteroatoms. The summed E-state index contributed by atoms with van der Waals surface area (Å²) in [6.07, 6.45) is 13.8. The van der Waals surface area contributed by atoms with Crippen LogP contribution in [-0.2, 0) is 10.0 Å². The number of fused-ring (bicyclic) bond motifs is 1. The monoisotopic (exact) mass is 597 g/mol. The fourth-order valence-electron chi connectivity index (χ4n) is 7.04. The summed E-state index contributed by atoms with van der Waals surface area (Å²) in [7, 11) is -3.49. The van der Waals surface area contributed by atoms with Crippen LogP contribution >= 0.6 is 0 Å². The number of sulfonamides is 1. The number of nitrogens with one attached hydrogen (secondary N) is 2. The van der Waals surface area contributed by atoms with Gasteiger partial charge in [-0.2, -0.15) is 4.31 Å². The van der Waals surface area contributed by atoms with Crippen LogP contribution in [0.5, 0.6) is 0 Å². The van der Waals surface area contributed by atoms with Crippen LogP contribution in [0.15, 0.2) is 41.6 Å². The first kappa shape index (κ1) is 29.0. The van der Waals surface area contributed by atoms with E-state index in [0.29, 0.717) is 18.0 Å². The highest BCUT2D eigenvalue weighted by Crippen LogP contribution is 2.40. The number of carbonyl (C=O) groups excluding carboxylic acids is 1. The number of aromatic nitrogens is 3. The normalized spacial score (nSPS) is 23.8. The molecule has 2 unspecified atom stereocenters. The standard InChI is InChI=1S/C30H40FN7O3S/c31-22-19-33-28-25(27(32)36-38(28)20-22)29(39)35-26-24(13-16-34-30(26)14-6-4-2-1-3-5-7-15-30)21-9-11-23(12-10-21)42(40,41)37-17-8-18-37/h9-12,19-20,24,26,34H,1-8,13-18H2,(H2,32,36)(H,35,39). The Morgan fingerprint density at radius 2 is 1.69 bits per heavy atom. The van der Waals surface area contributed by atoms with Crippen molar-refractivity contribution in [2.75, 3.05) is 25.4 Å². The summed E-state index contributed by atoms with van der Waals surface area (Å²) in [5.74, 6) is -1.03. The Hall–Kier alpha value is -3.09. The number of piperidine rings is 1. The molecule has 4 N–H and O–H groups in total. The number of rotatable bonds is 5. The number of amides is 1. The van der Waals surface area contributed by atoms with E-state index in [9.17, 15) is 17.6 Å². The van der Waals surface area contributed by atoms with Crippen LogP contribution in [0.4, 0.5) is 10.2 Å². The van der Waals surface area contributed by atoms with Gasteiger partial charge in [0.05, 0.1) is 23.3 Å². The average Bonchev–Trinajstić information content (AvgIpc) is 3.27. The van der Waals surface area contributed by atoms with Crippen molar-refractivity contribution >= 4 is 27.4 Å². The molecule has 10 nitrogen and oxygen atoms in total. The maximum atomic E-state index is 14.0. The van der Waals surface area contributed by atoms with Gasteiger partial charge in [0.1, 0.15) is 5.56 Å². The van der Waals surface area contributed by atoms with E-state index in [4.69, 9.17) is 5.73 Å². The molecule has 2 atom stereocenters. The number of anilines is 1. The summed E-state index contributed by atoms with van der Waals surface area (Å²) >= 11 is 0. The number of nitrogens with two attached hydrogens (primary N) is 1. The molecule has 4 heterocycles. The number of benzene rings is 1. The van der Waals surface area contributed by atoms with Crippen molar-refractivity contribution in [3.63, 3.8) is 0 Å². The first-order valence-electron chi connectivity index (χ1n) is 15.2. The smallest absolute Gasteiger partial charge is 0.259 e. The molecule has 6 rings (SSSR count). The zero-order valence-corrected chi connectivity index (χ0v) is 24.7. The van der Waals surface area contributed by atoms with Gasteiger partial charge in [0.2, 0.25) is 10.0 Å². The number of hydrogen-bond donors (Lipinski definition) is 3. The van der Waals surface area contributed by atoms with E-state index in [0.717, 1.165) is 75.9 Å². The lowest BCUT2D eigenvalue weighted by Gasteiger charge is -2.50. The van der Waals surface area contributed by atoms with E-state index < -0.39 is 21.7 Å². The molecule has 2 aliphatic heterocycles. The minimum atomic E-state index is -3.49. The molecule has 3 aliphatic rings. The Balaban J connectivity index is 1.36. The number of carbonyl (C=O) groups is 1. The van der Waals surface area contributed by atoms with Crippen molar-refractivity contribution in [2.24, 2.45) is 0 Å². The molecule has 3 fully saturated rings. The summed E-state index contributed by atoms with van der Waals surface area (Å²) in [5.41, 5.74) is 7.16. The van der Waals surface area contributed by atoms with E-state index in [1.807, 2.05) is 12.1 Å².